The van der Waals surface area contributed by atoms with E-state index in [9.17, 15) is 14.9 Å². The molecule has 0 saturated heterocycles. The molecule has 20 heavy (non-hydrogen) atoms. The minimum atomic E-state index is -0.760. The van der Waals surface area contributed by atoms with Gasteiger partial charge in [0.2, 0.25) is 5.15 Å². The molecular formula is C11H6Cl2N4O3. The zero-order chi connectivity index (χ0) is 14.7. The van der Waals surface area contributed by atoms with Gasteiger partial charge in [0.1, 0.15) is 10.7 Å². The van der Waals surface area contributed by atoms with Crippen LogP contribution in [0.1, 0.15) is 10.4 Å². The highest BCUT2D eigenvalue weighted by Crippen LogP contribution is 2.26. The zero-order valence-electron chi connectivity index (χ0n) is 9.71. The average Bonchev–Trinajstić information content (AvgIpc) is 2.37. The van der Waals surface area contributed by atoms with Gasteiger partial charge in [0.15, 0.2) is 0 Å². The van der Waals surface area contributed by atoms with Crippen molar-refractivity contribution in [3.05, 3.63) is 56.6 Å². The lowest BCUT2D eigenvalue weighted by atomic mass is 10.2. The maximum absolute atomic E-state index is 12.0. The molecule has 1 N–H and O–H groups in total. The third kappa shape index (κ3) is 3.01. The number of rotatable bonds is 3. The van der Waals surface area contributed by atoms with E-state index >= 15 is 0 Å². The first-order valence-electron chi connectivity index (χ1n) is 5.21. The lowest BCUT2D eigenvalue weighted by molar-refractivity contribution is -0.385. The molecule has 0 aliphatic rings. The summed E-state index contributed by atoms with van der Waals surface area (Å²) in [4.78, 5) is 29.5. The summed E-state index contributed by atoms with van der Waals surface area (Å²) < 4.78 is 0. The van der Waals surface area contributed by atoms with E-state index in [1.54, 1.807) is 0 Å². The Balaban J connectivity index is 2.35. The molecule has 2 rings (SSSR count). The fourth-order valence-electron chi connectivity index (χ4n) is 1.46. The van der Waals surface area contributed by atoms with Gasteiger partial charge in [0.25, 0.3) is 5.91 Å². The summed E-state index contributed by atoms with van der Waals surface area (Å²) in [6.45, 7) is 0. The number of amides is 1. The van der Waals surface area contributed by atoms with Gasteiger partial charge in [-0.2, -0.15) is 0 Å². The van der Waals surface area contributed by atoms with Gasteiger partial charge in [-0.1, -0.05) is 23.2 Å². The number of pyridine rings is 2. The lowest BCUT2D eigenvalue weighted by Crippen LogP contribution is -2.14. The van der Waals surface area contributed by atoms with Crippen molar-refractivity contribution in [2.24, 2.45) is 0 Å². The number of hydrogen-bond donors (Lipinski definition) is 1. The second kappa shape index (κ2) is 5.81. The van der Waals surface area contributed by atoms with Crippen molar-refractivity contribution in [1.82, 2.24) is 9.97 Å². The van der Waals surface area contributed by atoms with E-state index in [-0.39, 0.29) is 15.9 Å². The molecule has 2 aromatic rings. The van der Waals surface area contributed by atoms with Gasteiger partial charge in [-0.3, -0.25) is 14.9 Å². The number of hydrogen-bond acceptors (Lipinski definition) is 5. The summed E-state index contributed by atoms with van der Waals surface area (Å²) in [7, 11) is 0. The van der Waals surface area contributed by atoms with Crippen molar-refractivity contribution < 1.29 is 9.72 Å². The van der Waals surface area contributed by atoms with Crippen molar-refractivity contribution in [3.63, 3.8) is 0 Å². The molecule has 0 aliphatic carbocycles. The Morgan fingerprint density at radius 1 is 1.25 bits per heavy atom. The minimum absolute atomic E-state index is 0.185. The van der Waals surface area contributed by atoms with E-state index in [1.807, 2.05) is 0 Å². The van der Waals surface area contributed by atoms with E-state index in [4.69, 9.17) is 23.2 Å². The highest BCUT2D eigenvalue weighted by atomic mass is 35.5. The SMILES string of the molecule is O=C(Nc1ccnc(Cl)c1)c1ccnc(Cl)c1[N+](=O)[O-]. The first kappa shape index (κ1) is 14.2. The molecular weight excluding hydrogens is 307 g/mol. The Morgan fingerprint density at radius 2 is 1.95 bits per heavy atom. The second-order valence-electron chi connectivity index (χ2n) is 3.58. The van der Waals surface area contributed by atoms with Crippen molar-refractivity contribution in [2.45, 2.75) is 0 Å². The van der Waals surface area contributed by atoms with Crippen molar-refractivity contribution in [1.29, 1.82) is 0 Å². The number of aromatic nitrogens is 2. The lowest BCUT2D eigenvalue weighted by Gasteiger charge is -2.06. The van der Waals surface area contributed by atoms with Crippen LogP contribution in [0, 0.1) is 10.1 Å². The van der Waals surface area contributed by atoms with Crippen LogP contribution in [0.15, 0.2) is 30.6 Å². The number of carbonyl (C=O) groups excluding carboxylic acids is 1. The molecule has 2 aromatic heterocycles. The summed E-state index contributed by atoms with van der Waals surface area (Å²) in [5.41, 5.74) is -0.382. The quantitative estimate of drug-likeness (QED) is 0.533. The van der Waals surface area contributed by atoms with Gasteiger partial charge >= 0.3 is 5.69 Å². The highest BCUT2D eigenvalue weighted by Gasteiger charge is 2.24. The van der Waals surface area contributed by atoms with E-state index in [1.165, 1.54) is 30.6 Å². The Kier molecular flexibility index (Phi) is 4.11. The number of carbonyl (C=O) groups is 1. The summed E-state index contributed by atoms with van der Waals surface area (Å²) >= 11 is 11.3. The summed E-state index contributed by atoms with van der Waals surface area (Å²) in [6.07, 6.45) is 2.61. The number of nitrogens with zero attached hydrogens (tertiary/aromatic N) is 3. The minimum Gasteiger partial charge on any atom is -0.322 e. The topological polar surface area (TPSA) is 98.0 Å². The van der Waals surface area contributed by atoms with Crippen LogP contribution in [-0.4, -0.2) is 20.8 Å². The number of anilines is 1. The number of nitrogens with one attached hydrogen (secondary N) is 1. The maximum atomic E-state index is 12.0. The van der Waals surface area contributed by atoms with Gasteiger partial charge in [-0.05, 0) is 18.2 Å². The van der Waals surface area contributed by atoms with E-state index in [0.29, 0.717) is 5.69 Å². The van der Waals surface area contributed by atoms with Gasteiger partial charge in [0, 0.05) is 18.1 Å². The van der Waals surface area contributed by atoms with Gasteiger partial charge in [-0.25, -0.2) is 9.97 Å². The summed E-state index contributed by atoms with van der Waals surface area (Å²) in [5.74, 6) is -0.691. The number of nitro groups is 1. The molecule has 0 fully saturated rings. The van der Waals surface area contributed by atoms with Crippen LogP contribution in [-0.2, 0) is 0 Å². The van der Waals surface area contributed by atoms with Gasteiger partial charge < -0.3 is 5.32 Å². The van der Waals surface area contributed by atoms with Crippen LogP contribution >= 0.6 is 23.2 Å². The molecule has 0 spiro atoms. The third-order valence-corrected chi connectivity index (χ3v) is 2.77. The van der Waals surface area contributed by atoms with Crippen LogP contribution in [0.4, 0.5) is 11.4 Å². The summed E-state index contributed by atoms with van der Waals surface area (Å²) in [6, 6.07) is 4.12. The smallest absolute Gasteiger partial charge is 0.319 e. The Morgan fingerprint density at radius 3 is 2.60 bits per heavy atom. The fraction of sp³-hybridized carbons (Fsp3) is 0. The van der Waals surface area contributed by atoms with Crippen molar-refractivity contribution >= 4 is 40.5 Å². The van der Waals surface area contributed by atoms with Crippen LogP contribution in [0.3, 0.4) is 0 Å². The highest BCUT2D eigenvalue weighted by molar-refractivity contribution is 6.32. The monoisotopic (exact) mass is 312 g/mol. The summed E-state index contributed by atoms with van der Waals surface area (Å²) in [5, 5.41) is 13.2. The first-order valence-corrected chi connectivity index (χ1v) is 5.96. The average molecular weight is 313 g/mol. The molecule has 7 nitrogen and oxygen atoms in total. The molecule has 102 valence electrons. The molecule has 0 bridgehead atoms. The van der Waals surface area contributed by atoms with Crippen LogP contribution in [0.25, 0.3) is 0 Å². The largest absolute Gasteiger partial charge is 0.322 e. The molecule has 9 heteroatoms. The second-order valence-corrected chi connectivity index (χ2v) is 4.32. The van der Waals surface area contributed by atoms with E-state index in [2.05, 4.69) is 15.3 Å². The molecule has 0 aliphatic heterocycles. The Bertz CT molecular complexity index is 693. The molecule has 0 saturated carbocycles. The van der Waals surface area contributed by atoms with Gasteiger partial charge in [-0.15, -0.1) is 0 Å². The Hall–Kier alpha value is -2.25. The Labute approximate surface area is 122 Å². The van der Waals surface area contributed by atoms with Crippen LogP contribution in [0.2, 0.25) is 10.3 Å². The zero-order valence-corrected chi connectivity index (χ0v) is 11.2. The van der Waals surface area contributed by atoms with Crippen LogP contribution in [0.5, 0.6) is 0 Å². The molecule has 0 aromatic carbocycles. The number of halogens is 2. The molecule has 1 amide bonds. The van der Waals surface area contributed by atoms with E-state index in [0.717, 1.165) is 0 Å². The maximum Gasteiger partial charge on any atom is 0.319 e. The first-order chi connectivity index (χ1) is 9.49. The fourth-order valence-corrected chi connectivity index (χ4v) is 1.87. The molecule has 0 unspecified atom stereocenters. The van der Waals surface area contributed by atoms with Crippen molar-refractivity contribution in [3.8, 4) is 0 Å². The van der Waals surface area contributed by atoms with E-state index < -0.39 is 16.5 Å². The van der Waals surface area contributed by atoms with Crippen LogP contribution < -0.4 is 5.32 Å². The normalized spacial score (nSPS) is 10.1. The molecule has 0 radical (unpaired) electrons. The predicted octanol–water partition coefficient (Wildman–Crippen LogP) is 2.94. The predicted molar refractivity (Wildman–Crippen MR) is 73.1 cm³/mol. The molecule has 0 atom stereocenters. The molecule has 2 heterocycles. The third-order valence-electron chi connectivity index (χ3n) is 2.29. The standard InChI is InChI=1S/C11H6Cl2N4O3/c12-8-5-6(1-3-14-8)16-11(18)7-2-4-15-10(13)9(7)17(19)20/h1-5H,(H,14,16,18). The van der Waals surface area contributed by atoms with Gasteiger partial charge in [0.05, 0.1) is 4.92 Å². The van der Waals surface area contributed by atoms with Crippen molar-refractivity contribution in [2.75, 3.05) is 5.32 Å².